The van der Waals surface area contributed by atoms with Gasteiger partial charge in [-0.2, -0.15) is 0 Å². The van der Waals surface area contributed by atoms with E-state index in [0.29, 0.717) is 39.6 Å². The monoisotopic (exact) mass is 532 g/mol. The van der Waals surface area contributed by atoms with Crippen molar-refractivity contribution >= 4 is 34.9 Å². The summed E-state index contributed by atoms with van der Waals surface area (Å²) in [5.41, 5.74) is 3.40. The van der Waals surface area contributed by atoms with Gasteiger partial charge in [-0.15, -0.1) is 0 Å². The molecule has 0 radical (unpaired) electrons. The van der Waals surface area contributed by atoms with E-state index < -0.39 is 15.8 Å². The van der Waals surface area contributed by atoms with Crippen LogP contribution in [0.15, 0.2) is 108 Å². The number of rotatable bonds is 8. The Labute approximate surface area is 227 Å². The predicted molar refractivity (Wildman–Crippen MR) is 151 cm³/mol. The molecule has 0 saturated heterocycles. The van der Waals surface area contributed by atoms with Gasteiger partial charge in [-0.1, -0.05) is 42.5 Å². The third-order valence-electron chi connectivity index (χ3n) is 5.94. The number of carbonyl (C=O) groups excluding carboxylic acids is 1. The third-order valence-corrected chi connectivity index (χ3v) is 5.94. The van der Waals surface area contributed by atoms with Crippen molar-refractivity contribution in [2.45, 2.75) is 0 Å². The molecule has 0 bridgehead atoms. The average molecular weight is 533 g/mol. The lowest BCUT2D eigenvalue weighted by atomic mass is 10.1. The number of anilines is 1. The van der Waals surface area contributed by atoms with Crippen molar-refractivity contribution in [3.8, 4) is 22.6 Å². The van der Waals surface area contributed by atoms with Gasteiger partial charge in [-0.3, -0.25) is 30.0 Å². The van der Waals surface area contributed by atoms with Crippen molar-refractivity contribution in [3.63, 3.8) is 0 Å². The smallest absolute Gasteiger partial charge is 0.274 e. The number of hydrogen-bond donors (Lipinski definition) is 2. The summed E-state index contributed by atoms with van der Waals surface area (Å²) in [7, 11) is 0. The molecule has 0 unspecified atom stereocenters. The molecule has 0 aliphatic heterocycles. The first-order chi connectivity index (χ1) is 19.4. The molecule has 1 heterocycles. The summed E-state index contributed by atoms with van der Waals surface area (Å²) < 4.78 is 0. The van der Waals surface area contributed by atoms with Crippen LogP contribution in [0.25, 0.3) is 22.6 Å². The zero-order valence-electron chi connectivity index (χ0n) is 20.7. The molecule has 0 spiro atoms. The molecular formula is C29H20N6O5. The van der Waals surface area contributed by atoms with E-state index >= 15 is 0 Å². The Balaban J connectivity index is 1.45. The van der Waals surface area contributed by atoms with Crippen LogP contribution in [-0.2, 0) is 0 Å². The van der Waals surface area contributed by atoms with Gasteiger partial charge >= 0.3 is 0 Å². The van der Waals surface area contributed by atoms with Gasteiger partial charge in [0.05, 0.1) is 21.2 Å². The van der Waals surface area contributed by atoms with Crippen LogP contribution >= 0.6 is 0 Å². The minimum absolute atomic E-state index is 0.0216. The molecule has 5 aromatic rings. The quantitative estimate of drug-likeness (QED) is 0.131. The van der Waals surface area contributed by atoms with Crippen LogP contribution in [0.1, 0.15) is 16.1 Å². The van der Waals surface area contributed by atoms with Gasteiger partial charge in [-0.25, -0.2) is 4.98 Å². The van der Waals surface area contributed by atoms with Gasteiger partial charge in [0.2, 0.25) is 0 Å². The number of aromatic nitrogens is 2. The maximum Gasteiger partial charge on any atom is 0.274 e. The number of amides is 1. The van der Waals surface area contributed by atoms with Crippen LogP contribution in [0.5, 0.6) is 0 Å². The maximum absolute atomic E-state index is 13.5. The van der Waals surface area contributed by atoms with Crippen molar-refractivity contribution in [1.29, 1.82) is 0 Å². The second-order valence-electron chi connectivity index (χ2n) is 8.56. The molecular weight excluding hydrogens is 512 g/mol. The van der Waals surface area contributed by atoms with Crippen molar-refractivity contribution in [2.75, 3.05) is 5.32 Å². The van der Waals surface area contributed by atoms with Gasteiger partial charge in [-0.05, 0) is 42.0 Å². The number of nitrogens with one attached hydrogen (secondary N) is 2. The fraction of sp³-hybridized carbons (Fsp3) is 0. The van der Waals surface area contributed by atoms with Crippen molar-refractivity contribution in [3.05, 3.63) is 135 Å². The zero-order valence-corrected chi connectivity index (χ0v) is 20.7. The van der Waals surface area contributed by atoms with Crippen molar-refractivity contribution < 1.29 is 14.6 Å². The second kappa shape index (κ2) is 11.2. The highest BCUT2D eigenvalue weighted by Gasteiger charge is 2.21. The fourth-order valence-electron chi connectivity index (χ4n) is 3.92. The van der Waals surface area contributed by atoms with E-state index in [1.54, 1.807) is 54.7 Å². The molecule has 196 valence electrons. The Morgan fingerprint density at radius 3 is 2.02 bits per heavy atom. The lowest BCUT2D eigenvalue weighted by Crippen LogP contribution is -2.13. The topological polar surface area (TPSA) is 156 Å². The number of nitrogens with zero attached hydrogens (tertiary/aromatic N) is 4. The van der Waals surface area contributed by atoms with E-state index in [-0.39, 0.29) is 17.1 Å². The highest BCUT2D eigenvalue weighted by atomic mass is 16.6. The number of benzene rings is 4. The van der Waals surface area contributed by atoms with Crippen LogP contribution in [0.4, 0.5) is 22.7 Å². The number of nitro benzene ring substituents is 2. The predicted octanol–water partition coefficient (Wildman–Crippen LogP) is 6.56. The number of aromatic amines is 1. The molecule has 40 heavy (non-hydrogen) atoms. The average Bonchev–Trinajstić information content (AvgIpc) is 3.43. The molecule has 1 amide bonds. The fourth-order valence-corrected chi connectivity index (χ4v) is 3.92. The van der Waals surface area contributed by atoms with Gasteiger partial charge in [0, 0.05) is 41.6 Å². The first kappa shape index (κ1) is 25.7. The van der Waals surface area contributed by atoms with Gasteiger partial charge < -0.3 is 10.3 Å². The lowest BCUT2D eigenvalue weighted by Gasteiger charge is -2.08. The number of H-pyrrole nitrogens is 1. The number of hydrogen-bond acceptors (Lipinski definition) is 7. The van der Waals surface area contributed by atoms with Crippen LogP contribution in [0.3, 0.4) is 0 Å². The summed E-state index contributed by atoms with van der Waals surface area (Å²) in [6.45, 7) is 0. The molecule has 0 saturated carbocycles. The SMILES string of the molecule is O=C(Nc1ccccc1N=Cc1ccc([N+](=O)[O-])cc1)c1[nH]c(-c2ccc([N+](=O)[O-])cc2)nc1-c1ccccc1. The van der Waals surface area contributed by atoms with Gasteiger partial charge in [0.1, 0.15) is 17.2 Å². The van der Waals surface area contributed by atoms with E-state index in [9.17, 15) is 25.0 Å². The number of carbonyl (C=O) groups is 1. The molecule has 11 heteroatoms. The summed E-state index contributed by atoms with van der Waals surface area (Å²) in [4.78, 5) is 46.7. The summed E-state index contributed by atoms with van der Waals surface area (Å²) in [6, 6.07) is 28.0. The molecule has 11 nitrogen and oxygen atoms in total. The molecule has 0 atom stereocenters. The Bertz CT molecular complexity index is 1730. The Morgan fingerprint density at radius 2 is 1.38 bits per heavy atom. The minimum atomic E-state index is -0.484. The highest BCUT2D eigenvalue weighted by molar-refractivity contribution is 6.08. The third kappa shape index (κ3) is 5.63. The number of non-ortho nitro benzene ring substituents is 2. The number of aliphatic imine (C=N–C) groups is 1. The van der Waals surface area contributed by atoms with E-state index in [1.807, 2.05) is 30.3 Å². The minimum Gasteiger partial charge on any atom is -0.333 e. The molecule has 1 aromatic heterocycles. The molecule has 2 N–H and O–H groups in total. The van der Waals surface area contributed by atoms with E-state index in [1.165, 1.54) is 24.3 Å². The number of nitro groups is 2. The van der Waals surface area contributed by atoms with Crippen molar-refractivity contribution in [2.24, 2.45) is 4.99 Å². The normalized spacial score (nSPS) is 10.9. The van der Waals surface area contributed by atoms with Crippen LogP contribution in [-0.4, -0.2) is 31.9 Å². The van der Waals surface area contributed by atoms with E-state index in [0.717, 1.165) is 0 Å². The molecule has 4 aromatic carbocycles. The lowest BCUT2D eigenvalue weighted by molar-refractivity contribution is -0.385. The Hall–Kier alpha value is -5.97. The maximum atomic E-state index is 13.5. The van der Waals surface area contributed by atoms with Gasteiger partial charge in [0.15, 0.2) is 0 Å². The first-order valence-electron chi connectivity index (χ1n) is 12.0. The van der Waals surface area contributed by atoms with Crippen LogP contribution in [0.2, 0.25) is 0 Å². The largest absolute Gasteiger partial charge is 0.333 e. The first-order valence-corrected chi connectivity index (χ1v) is 12.0. The molecule has 0 fully saturated rings. The Kier molecular flexibility index (Phi) is 7.18. The summed E-state index contributed by atoms with van der Waals surface area (Å²) >= 11 is 0. The molecule has 0 aliphatic carbocycles. The summed E-state index contributed by atoms with van der Waals surface area (Å²) in [5, 5.41) is 24.8. The van der Waals surface area contributed by atoms with Crippen LogP contribution < -0.4 is 5.32 Å². The standard InChI is InChI=1S/C29H20N6O5/c36-29(31-25-9-5-4-8-24(25)30-18-19-10-14-22(15-11-19)34(37)38)27-26(20-6-2-1-3-7-20)32-28(33-27)21-12-16-23(17-13-21)35(39)40/h1-18H,(H,31,36)(H,32,33). The summed E-state index contributed by atoms with van der Waals surface area (Å²) in [5.74, 6) is -0.0825. The summed E-state index contributed by atoms with van der Waals surface area (Å²) in [6.07, 6.45) is 1.55. The van der Waals surface area contributed by atoms with Gasteiger partial charge in [0.25, 0.3) is 17.3 Å². The number of para-hydroxylation sites is 2. The highest BCUT2D eigenvalue weighted by Crippen LogP contribution is 2.30. The number of imidazole rings is 1. The molecule has 0 aliphatic rings. The second-order valence-corrected chi connectivity index (χ2v) is 8.56. The van der Waals surface area contributed by atoms with E-state index in [4.69, 9.17) is 0 Å². The van der Waals surface area contributed by atoms with Crippen molar-refractivity contribution in [1.82, 2.24) is 9.97 Å². The zero-order chi connectivity index (χ0) is 28.1. The Morgan fingerprint density at radius 1 is 0.775 bits per heavy atom. The van der Waals surface area contributed by atoms with Crippen LogP contribution in [0, 0.1) is 20.2 Å². The molecule has 5 rings (SSSR count). The van der Waals surface area contributed by atoms with E-state index in [2.05, 4.69) is 20.3 Å².